The molecule has 0 saturated heterocycles. The summed E-state index contributed by atoms with van der Waals surface area (Å²) in [5.74, 6) is 0.376. The SMILES string of the molecule is CCOc1ccc(O)c(C=NCC(O)c2ccc(F)cc2)c1. The van der Waals surface area contributed by atoms with Crippen LogP contribution in [0.3, 0.4) is 0 Å². The minimum Gasteiger partial charge on any atom is -0.507 e. The number of benzene rings is 2. The van der Waals surface area contributed by atoms with Gasteiger partial charge in [0, 0.05) is 11.8 Å². The van der Waals surface area contributed by atoms with Gasteiger partial charge in [0.2, 0.25) is 0 Å². The van der Waals surface area contributed by atoms with Crippen molar-refractivity contribution >= 4 is 6.21 Å². The number of aliphatic hydroxyl groups is 1. The van der Waals surface area contributed by atoms with Gasteiger partial charge in [-0.1, -0.05) is 12.1 Å². The third-order valence-electron chi connectivity index (χ3n) is 3.07. The molecule has 116 valence electrons. The van der Waals surface area contributed by atoms with Gasteiger partial charge in [-0.05, 0) is 42.8 Å². The number of phenolic OH excluding ortho intramolecular Hbond substituents is 1. The Morgan fingerprint density at radius 2 is 1.95 bits per heavy atom. The van der Waals surface area contributed by atoms with E-state index >= 15 is 0 Å². The highest BCUT2D eigenvalue weighted by atomic mass is 19.1. The number of hydrogen-bond acceptors (Lipinski definition) is 4. The average Bonchev–Trinajstić information content (AvgIpc) is 2.51. The smallest absolute Gasteiger partial charge is 0.124 e. The van der Waals surface area contributed by atoms with E-state index in [1.165, 1.54) is 36.5 Å². The number of aliphatic hydroxyl groups excluding tert-OH is 1. The molecule has 0 saturated carbocycles. The number of halogens is 1. The van der Waals surface area contributed by atoms with Crippen LogP contribution in [0.4, 0.5) is 4.39 Å². The molecular formula is C17H18FNO3. The van der Waals surface area contributed by atoms with E-state index in [-0.39, 0.29) is 18.1 Å². The molecule has 0 aliphatic carbocycles. The van der Waals surface area contributed by atoms with Crippen LogP contribution < -0.4 is 4.74 Å². The van der Waals surface area contributed by atoms with E-state index < -0.39 is 6.10 Å². The number of rotatable bonds is 6. The predicted octanol–water partition coefficient (Wildman–Crippen LogP) is 3.08. The van der Waals surface area contributed by atoms with Crippen molar-refractivity contribution in [3.8, 4) is 11.5 Å². The molecule has 2 aromatic carbocycles. The maximum atomic E-state index is 12.8. The van der Waals surface area contributed by atoms with Crippen LogP contribution in [-0.4, -0.2) is 29.6 Å². The Morgan fingerprint density at radius 1 is 1.23 bits per heavy atom. The number of aliphatic imine (C=N–C) groups is 1. The molecule has 0 heterocycles. The fourth-order valence-electron chi connectivity index (χ4n) is 1.93. The van der Waals surface area contributed by atoms with Gasteiger partial charge in [0.25, 0.3) is 0 Å². The predicted molar refractivity (Wildman–Crippen MR) is 83.1 cm³/mol. The first kappa shape index (κ1) is 16.0. The summed E-state index contributed by atoms with van der Waals surface area (Å²) in [6, 6.07) is 10.5. The lowest BCUT2D eigenvalue weighted by Gasteiger charge is -2.08. The van der Waals surface area contributed by atoms with Crippen molar-refractivity contribution in [3.05, 3.63) is 59.4 Å². The molecule has 1 atom stereocenters. The zero-order valence-corrected chi connectivity index (χ0v) is 12.2. The molecule has 0 aromatic heterocycles. The van der Waals surface area contributed by atoms with Crippen LogP contribution in [0.15, 0.2) is 47.5 Å². The highest BCUT2D eigenvalue weighted by molar-refractivity contribution is 5.84. The Balaban J connectivity index is 2.02. The molecule has 0 aliphatic rings. The van der Waals surface area contributed by atoms with Gasteiger partial charge in [-0.3, -0.25) is 4.99 Å². The summed E-state index contributed by atoms with van der Waals surface area (Å²) in [4.78, 5) is 4.12. The second kappa shape index (κ2) is 7.56. The van der Waals surface area contributed by atoms with Gasteiger partial charge in [-0.2, -0.15) is 0 Å². The van der Waals surface area contributed by atoms with Gasteiger partial charge in [-0.15, -0.1) is 0 Å². The normalized spacial score (nSPS) is 12.5. The summed E-state index contributed by atoms with van der Waals surface area (Å²) >= 11 is 0. The number of nitrogens with zero attached hydrogens (tertiary/aromatic N) is 1. The zero-order chi connectivity index (χ0) is 15.9. The Labute approximate surface area is 128 Å². The molecule has 0 radical (unpaired) electrons. The average molecular weight is 303 g/mol. The molecule has 0 aliphatic heterocycles. The van der Waals surface area contributed by atoms with Gasteiger partial charge in [0.15, 0.2) is 0 Å². The monoisotopic (exact) mass is 303 g/mol. The van der Waals surface area contributed by atoms with E-state index in [1.54, 1.807) is 12.1 Å². The van der Waals surface area contributed by atoms with E-state index in [2.05, 4.69) is 4.99 Å². The van der Waals surface area contributed by atoms with E-state index in [9.17, 15) is 14.6 Å². The second-order valence-electron chi connectivity index (χ2n) is 4.72. The first-order valence-corrected chi connectivity index (χ1v) is 6.99. The van der Waals surface area contributed by atoms with E-state index in [0.29, 0.717) is 23.5 Å². The molecule has 2 rings (SSSR count). The standard InChI is InChI=1S/C17H18FNO3/c1-2-22-15-7-8-16(20)13(9-15)10-19-11-17(21)12-3-5-14(18)6-4-12/h3-10,17,20-21H,2,11H2,1H3. The fraction of sp³-hybridized carbons (Fsp3) is 0.235. The summed E-state index contributed by atoms with van der Waals surface area (Å²) in [5.41, 5.74) is 1.10. The second-order valence-corrected chi connectivity index (χ2v) is 4.72. The number of hydrogen-bond donors (Lipinski definition) is 2. The van der Waals surface area contributed by atoms with Gasteiger partial charge < -0.3 is 14.9 Å². The van der Waals surface area contributed by atoms with Crippen molar-refractivity contribution in [2.45, 2.75) is 13.0 Å². The van der Waals surface area contributed by atoms with Crippen LogP contribution in [-0.2, 0) is 0 Å². The van der Waals surface area contributed by atoms with E-state index in [0.717, 1.165) is 0 Å². The molecular weight excluding hydrogens is 285 g/mol. The summed E-state index contributed by atoms with van der Waals surface area (Å²) in [7, 11) is 0. The molecule has 1 unspecified atom stereocenters. The maximum absolute atomic E-state index is 12.8. The summed E-state index contributed by atoms with van der Waals surface area (Å²) in [6.45, 7) is 2.52. The Morgan fingerprint density at radius 3 is 2.64 bits per heavy atom. The summed E-state index contributed by atoms with van der Waals surface area (Å²) in [5, 5.41) is 19.7. The highest BCUT2D eigenvalue weighted by Gasteiger charge is 2.06. The van der Waals surface area contributed by atoms with Gasteiger partial charge >= 0.3 is 0 Å². The number of ether oxygens (including phenoxy) is 1. The van der Waals surface area contributed by atoms with E-state index in [4.69, 9.17) is 4.74 Å². The molecule has 2 N–H and O–H groups in total. The van der Waals surface area contributed by atoms with Crippen molar-refractivity contribution in [1.82, 2.24) is 0 Å². The van der Waals surface area contributed by atoms with Gasteiger partial charge in [0.05, 0.1) is 19.3 Å². The van der Waals surface area contributed by atoms with Crippen LogP contribution >= 0.6 is 0 Å². The molecule has 5 heteroatoms. The van der Waals surface area contributed by atoms with Crippen LogP contribution in [0.2, 0.25) is 0 Å². The molecule has 2 aromatic rings. The van der Waals surface area contributed by atoms with Crippen molar-refractivity contribution in [2.24, 2.45) is 4.99 Å². The lowest BCUT2D eigenvalue weighted by atomic mass is 10.1. The summed E-state index contributed by atoms with van der Waals surface area (Å²) < 4.78 is 18.2. The van der Waals surface area contributed by atoms with E-state index in [1.807, 2.05) is 6.92 Å². The maximum Gasteiger partial charge on any atom is 0.124 e. The van der Waals surface area contributed by atoms with Crippen LogP contribution in [0.5, 0.6) is 11.5 Å². The zero-order valence-electron chi connectivity index (χ0n) is 12.2. The van der Waals surface area contributed by atoms with Crippen LogP contribution in [0, 0.1) is 5.82 Å². The van der Waals surface area contributed by atoms with Crippen LogP contribution in [0.1, 0.15) is 24.2 Å². The molecule has 4 nitrogen and oxygen atoms in total. The minimum atomic E-state index is -0.825. The van der Waals surface area contributed by atoms with Gasteiger partial charge in [-0.25, -0.2) is 4.39 Å². The molecule has 0 amide bonds. The Bertz CT molecular complexity index is 641. The quantitative estimate of drug-likeness (QED) is 0.806. The summed E-state index contributed by atoms with van der Waals surface area (Å²) in [6.07, 6.45) is 0.652. The Hall–Kier alpha value is -2.40. The molecule has 0 bridgehead atoms. The number of phenols is 1. The van der Waals surface area contributed by atoms with Crippen molar-refractivity contribution in [3.63, 3.8) is 0 Å². The topological polar surface area (TPSA) is 62.0 Å². The van der Waals surface area contributed by atoms with Gasteiger partial charge in [0.1, 0.15) is 17.3 Å². The molecule has 22 heavy (non-hydrogen) atoms. The first-order chi connectivity index (χ1) is 10.6. The Kier molecular flexibility index (Phi) is 5.49. The van der Waals surface area contributed by atoms with Crippen molar-refractivity contribution in [2.75, 3.05) is 13.2 Å². The van der Waals surface area contributed by atoms with Crippen molar-refractivity contribution in [1.29, 1.82) is 0 Å². The third kappa shape index (κ3) is 4.30. The lowest BCUT2D eigenvalue weighted by Crippen LogP contribution is -2.02. The fourth-order valence-corrected chi connectivity index (χ4v) is 1.93. The van der Waals surface area contributed by atoms with Crippen molar-refractivity contribution < 1.29 is 19.3 Å². The number of aromatic hydroxyl groups is 1. The molecule has 0 spiro atoms. The third-order valence-corrected chi connectivity index (χ3v) is 3.07. The lowest BCUT2D eigenvalue weighted by molar-refractivity contribution is 0.187. The largest absolute Gasteiger partial charge is 0.507 e. The minimum absolute atomic E-state index is 0.0866. The van der Waals surface area contributed by atoms with Crippen LogP contribution in [0.25, 0.3) is 0 Å². The first-order valence-electron chi connectivity index (χ1n) is 6.99. The highest BCUT2D eigenvalue weighted by Crippen LogP contribution is 2.22. The molecule has 0 fully saturated rings.